The summed E-state index contributed by atoms with van der Waals surface area (Å²) in [6.07, 6.45) is -3.99. The zero-order valence-electron chi connectivity index (χ0n) is 26.0. The van der Waals surface area contributed by atoms with Crippen LogP contribution in [0.1, 0.15) is 86.0 Å². The Morgan fingerprint density at radius 1 is 1.02 bits per heavy atom. The molecule has 4 aliphatic carbocycles. The Hall–Kier alpha value is -0.990. The second-order valence-corrected chi connectivity index (χ2v) is 15.5. The number of carbonyl (C=O) groups excluding carboxylic acids is 1. The summed E-state index contributed by atoms with van der Waals surface area (Å²) in [4.78, 5) is 13.8. The number of carbonyl (C=O) groups is 1. The van der Waals surface area contributed by atoms with Gasteiger partial charge in [0.15, 0.2) is 12.1 Å². The number of ketones is 1. The smallest absolute Gasteiger partial charge is 0.186 e. The Morgan fingerprint density at radius 3 is 2.35 bits per heavy atom. The zero-order valence-corrected chi connectivity index (χ0v) is 26.0. The Balaban J connectivity index is 1.38. The van der Waals surface area contributed by atoms with Crippen LogP contribution in [0.2, 0.25) is 0 Å². The van der Waals surface area contributed by atoms with Crippen molar-refractivity contribution in [3.63, 3.8) is 0 Å². The molecule has 4 fully saturated rings. The lowest BCUT2D eigenvalue weighted by Crippen LogP contribution is -2.63. The molecule has 5 rings (SSSR count). The van der Waals surface area contributed by atoms with Crippen LogP contribution < -0.4 is 0 Å². The van der Waals surface area contributed by atoms with Crippen LogP contribution in [0.25, 0.3) is 0 Å². The fraction of sp³-hybridized carbons (Fsp3) is 0.906. The maximum atomic E-state index is 13.8. The quantitative estimate of drug-likeness (QED) is 0.197. The Labute approximate surface area is 253 Å². The molecule has 11 nitrogen and oxygen atoms in total. The van der Waals surface area contributed by atoms with Gasteiger partial charge in [0.05, 0.1) is 41.7 Å². The van der Waals surface area contributed by atoms with E-state index in [0.29, 0.717) is 37.7 Å². The van der Waals surface area contributed by atoms with Gasteiger partial charge in [-0.05, 0) is 101 Å². The summed E-state index contributed by atoms with van der Waals surface area (Å²) in [6.45, 7) is 8.61. The molecule has 1 aliphatic heterocycles. The Bertz CT molecular complexity index is 1100. The average Bonchev–Trinajstić information content (AvgIpc) is 3.20. The summed E-state index contributed by atoms with van der Waals surface area (Å²) in [6, 6.07) is 0. The Kier molecular flexibility index (Phi) is 8.59. The zero-order chi connectivity index (χ0) is 31.9. The van der Waals surface area contributed by atoms with Gasteiger partial charge in [0, 0.05) is 11.3 Å². The molecule has 0 radical (unpaired) electrons. The lowest BCUT2D eigenvalue weighted by Gasteiger charge is -2.61. The monoisotopic (exact) mass is 612 g/mol. The van der Waals surface area contributed by atoms with Crippen LogP contribution in [0.15, 0.2) is 11.6 Å². The molecule has 0 aromatic carbocycles. The van der Waals surface area contributed by atoms with Crippen LogP contribution in [0.5, 0.6) is 0 Å². The number of rotatable bonds is 7. The van der Waals surface area contributed by atoms with Crippen LogP contribution in [0.4, 0.5) is 0 Å². The lowest BCUT2D eigenvalue weighted by molar-refractivity contribution is -0.297. The molecule has 1 unspecified atom stereocenters. The average molecular weight is 613 g/mol. The molecular weight excluding hydrogens is 560 g/mol. The summed E-state index contributed by atoms with van der Waals surface area (Å²) < 4.78 is 11.3. The molecule has 8 N–H and O–H groups in total. The number of allylic oxidation sites excluding steroid dienone is 1. The normalized spacial score (nSPS) is 48.9. The predicted molar refractivity (Wildman–Crippen MR) is 153 cm³/mol. The van der Waals surface area contributed by atoms with Gasteiger partial charge in [-0.2, -0.15) is 0 Å². The van der Waals surface area contributed by atoms with Crippen molar-refractivity contribution in [3.05, 3.63) is 11.6 Å². The van der Waals surface area contributed by atoms with Crippen LogP contribution >= 0.6 is 0 Å². The van der Waals surface area contributed by atoms with E-state index in [4.69, 9.17) is 9.47 Å². The fourth-order valence-electron chi connectivity index (χ4n) is 9.53. The second kappa shape index (κ2) is 11.1. The Morgan fingerprint density at radius 2 is 1.70 bits per heavy atom. The molecule has 0 bridgehead atoms. The van der Waals surface area contributed by atoms with E-state index in [1.54, 1.807) is 26.8 Å². The third kappa shape index (κ3) is 5.35. The molecule has 1 saturated heterocycles. The minimum atomic E-state index is -1.52. The molecule has 3 saturated carbocycles. The third-order valence-electron chi connectivity index (χ3n) is 12.3. The van der Waals surface area contributed by atoms with Crippen LogP contribution in [0.3, 0.4) is 0 Å². The molecule has 1 heterocycles. The number of hydrogen-bond donors (Lipinski definition) is 8. The summed E-state index contributed by atoms with van der Waals surface area (Å²) in [5.41, 5.74) is -4.73. The molecular formula is C32H52O11. The SMILES string of the molecule is CC(C)(O)CC[C@@H](O)[C@](C)(O)[C@H]1CC[C@@]2(O)C3=CC(=O)[C@H]4C[C@@H](OC5OC[C@@H](O)[C@H](O)[C@H]5O)[C@@H](O)C[C@]4(C)[C@H]3CC[C@]12C. The number of fused-ring (bicyclic) bond motifs is 5. The largest absolute Gasteiger partial charge is 0.390 e. The van der Waals surface area contributed by atoms with E-state index >= 15 is 0 Å². The molecule has 11 heteroatoms. The third-order valence-corrected chi connectivity index (χ3v) is 12.3. The minimum Gasteiger partial charge on any atom is -0.390 e. The van der Waals surface area contributed by atoms with E-state index in [1.165, 1.54) is 0 Å². The maximum absolute atomic E-state index is 13.8. The van der Waals surface area contributed by atoms with Gasteiger partial charge in [-0.1, -0.05) is 13.8 Å². The lowest BCUT2D eigenvalue weighted by atomic mass is 9.45. The van der Waals surface area contributed by atoms with Gasteiger partial charge in [-0.15, -0.1) is 0 Å². The number of ether oxygens (including phenoxy) is 2. The molecule has 0 spiro atoms. The highest BCUT2D eigenvalue weighted by Gasteiger charge is 2.69. The van der Waals surface area contributed by atoms with Crippen molar-refractivity contribution >= 4 is 5.78 Å². The highest BCUT2D eigenvalue weighted by Crippen LogP contribution is 2.68. The van der Waals surface area contributed by atoms with Crippen molar-refractivity contribution in [2.24, 2.45) is 28.6 Å². The number of aliphatic hydroxyl groups excluding tert-OH is 5. The first kappa shape index (κ1) is 33.4. The van der Waals surface area contributed by atoms with Crippen molar-refractivity contribution in [2.45, 2.75) is 146 Å². The van der Waals surface area contributed by atoms with E-state index in [-0.39, 0.29) is 37.6 Å². The van der Waals surface area contributed by atoms with Gasteiger partial charge >= 0.3 is 0 Å². The summed E-state index contributed by atoms with van der Waals surface area (Å²) in [5.74, 6) is -1.33. The molecule has 246 valence electrons. The molecule has 0 aromatic rings. The van der Waals surface area contributed by atoms with Crippen LogP contribution in [-0.2, 0) is 14.3 Å². The van der Waals surface area contributed by atoms with Crippen molar-refractivity contribution in [1.82, 2.24) is 0 Å². The van der Waals surface area contributed by atoms with Gasteiger partial charge < -0.3 is 50.3 Å². The highest BCUT2D eigenvalue weighted by atomic mass is 16.7. The van der Waals surface area contributed by atoms with Gasteiger partial charge in [0.25, 0.3) is 0 Å². The van der Waals surface area contributed by atoms with Gasteiger partial charge in [-0.3, -0.25) is 4.79 Å². The first-order valence-electron chi connectivity index (χ1n) is 15.9. The van der Waals surface area contributed by atoms with E-state index in [0.717, 1.165) is 0 Å². The van der Waals surface area contributed by atoms with Gasteiger partial charge in [0.2, 0.25) is 0 Å². The van der Waals surface area contributed by atoms with Crippen molar-refractivity contribution in [2.75, 3.05) is 6.61 Å². The number of aliphatic hydroxyl groups is 8. The van der Waals surface area contributed by atoms with Gasteiger partial charge in [-0.25, -0.2) is 0 Å². The number of hydrogen-bond acceptors (Lipinski definition) is 11. The summed E-state index contributed by atoms with van der Waals surface area (Å²) in [7, 11) is 0. The van der Waals surface area contributed by atoms with E-state index < -0.39 is 82.4 Å². The first-order valence-corrected chi connectivity index (χ1v) is 15.9. The minimum absolute atomic E-state index is 0.169. The summed E-state index contributed by atoms with van der Waals surface area (Å²) >= 11 is 0. The van der Waals surface area contributed by atoms with E-state index in [9.17, 15) is 45.6 Å². The van der Waals surface area contributed by atoms with Gasteiger partial charge in [0.1, 0.15) is 18.3 Å². The van der Waals surface area contributed by atoms with E-state index in [1.807, 2.05) is 13.8 Å². The topological polar surface area (TPSA) is 197 Å². The molecule has 0 amide bonds. The maximum Gasteiger partial charge on any atom is 0.186 e. The predicted octanol–water partition coefficient (Wildman–Crippen LogP) is 0.317. The van der Waals surface area contributed by atoms with Crippen LogP contribution in [-0.4, -0.2) is 113 Å². The summed E-state index contributed by atoms with van der Waals surface area (Å²) in [5, 5.41) is 86.8. The molecule has 5 aliphatic rings. The molecule has 43 heavy (non-hydrogen) atoms. The van der Waals surface area contributed by atoms with Crippen molar-refractivity contribution in [1.29, 1.82) is 0 Å². The molecule has 0 aromatic heterocycles. The standard InChI is InChI=1S/C32H52O11/c1-28(2,39)9-8-24(36)31(5,40)23-7-11-32(41)17-12-19(33)18-13-22(43-27-26(38)25(37)21(35)15-42-27)20(34)14-29(18,3)16(17)6-10-30(23,32)4/h12,16,18,20-27,34-41H,6-11,13-15H2,1-5H3/t16-,18+,20-,21+,22+,23-,24+,25-,26+,27?,29+,30+,31+,32+/m0/s1. The fourth-order valence-corrected chi connectivity index (χ4v) is 9.53. The van der Waals surface area contributed by atoms with Crippen molar-refractivity contribution < 1.29 is 55.1 Å². The highest BCUT2D eigenvalue weighted by molar-refractivity contribution is 5.95. The van der Waals surface area contributed by atoms with Crippen molar-refractivity contribution in [3.8, 4) is 0 Å². The molecule has 14 atom stereocenters. The first-order chi connectivity index (χ1) is 19.8. The van der Waals surface area contributed by atoms with Crippen LogP contribution in [0, 0.1) is 28.6 Å². The second-order valence-electron chi connectivity index (χ2n) is 15.5. The van der Waals surface area contributed by atoms with E-state index in [2.05, 4.69) is 0 Å².